The van der Waals surface area contributed by atoms with Crippen molar-refractivity contribution in [2.45, 2.75) is 26.3 Å². The molecule has 1 heterocycles. The van der Waals surface area contributed by atoms with Crippen molar-refractivity contribution >= 4 is 5.69 Å². The van der Waals surface area contributed by atoms with E-state index in [0.29, 0.717) is 18.8 Å². The van der Waals surface area contributed by atoms with Crippen molar-refractivity contribution in [3.8, 4) is 5.75 Å². The van der Waals surface area contributed by atoms with Gasteiger partial charge in [-0.15, -0.1) is 0 Å². The summed E-state index contributed by atoms with van der Waals surface area (Å²) in [6.45, 7) is 3.30. The van der Waals surface area contributed by atoms with Crippen LogP contribution < -0.4 is 16.0 Å². The Bertz CT molecular complexity index is 620. The zero-order chi connectivity index (χ0) is 14.4. The van der Waals surface area contributed by atoms with E-state index in [1.165, 1.54) is 11.6 Å². The Balaban J connectivity index is 1.84. The molecular formula is C16H20N2O2. The van der Waals surface area contributed by atoms with E-state index >= 15 is 0 Å². The number of anilines is 1. The van der Waals surface area contributed by atoms with Crippen molar-refractivity contribution < 1.29 is 4.74 Å². The van der Waals surface area contributed by atoms with Crippen molar-refractivity contribution in [3.63, 3.8) is 0 Å². The fourth-order valence-electron chi connectivity index (χ4n) is 2.00. The fraction of sp³-hybridized carbons (Fsp3) is 0.312. The van der Waals surface area contributed by atoms with Gasteiger partial charge in [-0.05, 0) is 36.6 Å². The predicted octanol–water partition coefficient (Wildman–Crippen LogP) is 2.46. The molecule has 1 aromatic heterocycles. The molecular weight excluding hydrogens is 252 g/mol. The summed E-state index contributed by atoms with van der Waals surface area (Å²) >= 11 is 0. The van der Waals surface area contributed by atoms with Gasteiger partial charge in [0.05, 0.1) is 6.61 Å². The van der Waals surface area contributed by atoms with Crippen molar-refractivity contribution in [2.24, 2.45) is 0 Å². The van der Waals surface area contributed by atoms with Crippen LogP contribution in [0.5, 0.6) is 5.75 Å². The summed E-state index contributed by atoms with van der Waals surface area (Å²) < 4.78 is 7.31. The third-order valence-electron chi connectivity index (χ3n) is 3.13. The van der Waals surface area contributed by atoms with E-state index in [9.17, 15) is 4.79 Å². The van der Waals surface area contributed by atoms with Crippen LogP contribution in [0.1, 0.15) is 18.9 Å². The van der Waals surface area contributed by atoms with E-state index in [4.69, 9.17) is 10.5 Å². The Kier molecular flexibility index (Phi) is 4.82. The fourth-order valence-corrected chi connectivity index (χ4v) is 2.00. The Morgan fingerprint density at radius 2 is 2.10 bits per heavy atom. The second-order valence-electron chi connectivity index (χ2n) is 4.70. The molecule has 2 aromatic rings. The van der Waals surface area contributed by atoms with Crippen LogP contribution in [0.4, 0.5) is 5.69 Å². The highest BCUT2D eigenvalue weighted by atomic mass is 16.5. The molecule has 1 aromatic carbocycles. The molecule has 0 saturated carbocycles. The van der Waals surface area contributed by atoms with E-state index < -0.39 is 0 Å². The summed E-state index contributed by atoms with van der Waals surface area (Å²) in [5.41, 5.74) is 7.49. The number of aryl methyl sites for hydroxylation is 2. The molecule has 0 aliphatic heterocycles. The van der Waals surface area contributed by atoms with Crippen molar-refractivity contribution in [1.82, 2.24) is 4.57 Å². The first-order valence-corrected chi connectivity index (χ1v) is 6.87. The molecule has 0 aliphatic carbocycles. The first kappa shape index (κ1) is 14.2. The predicted molar refractivity (Wildman–Crippen MR) is 81.0 cm³/mol. The number of rotatable bonds is 6. The molecule has 0 atom stereocenters. The maximum absolute atomic E-state index is 11.6. The molecule has 0 aliphatic rings. The Morgan fingerprint density at radius 1 is 1.25 bits per heavy atom. The topological polar surface area (TPSA) is 57.2 Å². The average molecular weight is 272 g/mol. The lowest BCUT2D eigenvalue weighted by atomic mass is 10.2. The van der Waals surface area contributed by atoms with Crippen LogP contribution >= 0.6 is 0 Å². The molecule has 4 nitrogen and oxygen atoms in total. The molecule has 0 saturated heterocycles. The van der Waals surface area contributed by atoms with Gasteiger partial charge in [0.15, 0.2) is 0 Å². The van der Waals surface area contributed by atoms with E-state index in [2.05, 4.69) is 13.0 Å². The molecule has 2 N–H and O–H groups in total. The average Bonchev–Trinajstić information content (AvgIpc) is 2.47. The molecule has 0 fully saturated rings. The monoisotopic (exact) mass is 272 g/mol. The first-order chi connectivity index (χ1) is 9.69. The smallest absolute Gasteiger partial charge is 0.250 e. The number of benzene rings is 1. The maximum atomic E-state index is 11.6. The molecule has 0 spiro atoms. The largest absolute Gasteiger partial charge is 0.494 e. The number of ether oxygens (including phenoxy) is 1. The third-order valence-corrected chi connectivity index (χ3v) is 3.13. The van der Waals surface area contributed by atoms with Crippen molar-refractivity contribution in [1.29, 1.82) is 0 Å². The van der Waals surface area contributed by atoms with Gasteiger partial charge in [-0.2, -0.15) is 0 Å². The van der Waals surface area contributed by atoms with Crippen molar-refractivity contribution in [3.05, 3.63) is 58.5 Å². The lowest BCUT2D eigenvalue weighted by molar-refractivity contribution is 0.300. The highest BCUT2D eigenvalue weighted by Crippen LogP contribution is 2.13. The van der Waals surface area contributed by atoms with Crippen LogP contribution in [0.2, 0.25) is 0 Å². The van der Waals surface area contributed by atoms with Gasteiger partial charge >= 0.3 is 0 Å². The van der Waals surface area contributed by atoms with Crippen molar-refractivity contribution in [2.75, 3.05) is 12.3 Å². The minimum Gasteiger partial charge on any atom is -0.494 e. The number of nitrogens with zero attached hydrogens (tertiary/aromatic N) is 1. The SMILES string of the molecule is CCc1cccc(OCCCn2cc(N)ccc2=O)c1. The number of nitrogen functional groups attached to an aromatic ring is 1. The number of nitrogens with two attached hydrogens (primary N) is 1. The maximum Gasteiger partial charge on any atom is 0.250 e. The normalized spacial score (nSPS) is 10.4. The van der Waals surface area contributed by atoms with Crippen LogP contribution in [-0.4, -0.2) is 11.2 Å². The molecule has 2 rings (SSSR count). The summed E-state index contributed by atoms with van der Waals surface area (Å²) in [5, 5.41) is 0. The number of hydrogen-bond acceptors (Lipinski definition) is 3. The van der Waals surface area contributed by atoms with Gasteiger partial charge in [-0.25, -0.2) is 0 Å². The van der Waals surface area contributed by atoms with Crippen LogP contribution in [0, 0.1) is 0 Å². The highest BCUT2D eigenvalue weighted by Gasteiger charge is 1.98. The van der Waals surface area contributed by atoms with Crippen LogP contribution in [-0.2, 0) is 13.0 Å². The van der Waals surface area contributed by atoms with Crippen LogP contribution in [0.3, 0.4) is 0 Å². The quantitative estimate of drug-likeness (QED) is 0.822. The molecule has 0 amide bonds. The van der Waals surface area contributed by atoms with Gasteiger partial charge in [-0.3, -0.25) is 4.79 Å². The lowest BCUT2D eigenvalue weighted by Gasteiger charge is -2.09. The number of hydrogen-bond donors (Lipinski definition) is 1. The Hall–Kier alpha value is -2.23. The van der Waals surface area contributed by atoms with Gasteiger partial charge < -0.3 is 15.0 Å². The van der Waals surface area contributed by atoms with E-state index in [1.54, 1.807) is 16.8 Å². The minimum atomic E-state index is -0.0350. The first-order valence-electron chi connectivity index (χ1n) is 6.87. The molecule has 0 unspecified atom stereocenters. The highest BCUT2D eigenvalue weighted by molar-refractivity contribution is 5.33. The lowest BCUT2D eigenvalue weighted by Crippen LogP contribution is -2.20. The van der Waals surface area contributed by atoms with E-state index in [1.807, 2.05) is 18.2 Å². The van der Waals surface area contributed by atoms with E-state index in [-0.39, 0.29) is 5.56 Å². The van der Waals surface area contributed by atoms with Gasteiger partial charge in [0, 0.05) is 24.5 Å². The van der Waals surface area contributed by atoms with Gasteiger partial charge in [0.1, 0.15) is 5.75 Å². The Morgan fingerprint density at radius 3 is 2.90 bits per heavy atom. The summed E-state index contributed by atoms with van der Waals surface area (Å²) in [6, 6.07) is 11.2. The van der Waals surface area contributed by atoms with E-state index in [0.717, 1.165) is 18.6 Å². The summed E-state index contributed by atoms with van der Waals surface area (Å²) in [4.78, 5) is 11.6. The molecule has 0 bridgehead atoms. The molecule has 0 radical (unpaired) electrons. The molecule has 20 heavy (non-hydrogen) atoms. The van der Waals surface area contributed by atoms with Crippen LogP contribution in [0.25, 0.3) is 0 Å². The van der Waals surface area contributed by atoms with Gasteiger partial charge in [0.25, 0.3) is 5.56 Å². The minimum absolute atomic E-state index is 0.0350. The number of aromatic nitrogens is 1. The van der Waals surface area contributed by atoms with Gasteiger partial charge in [0.2, 0.25) is 0 Å². The summed E-state index contributed by atoms with van der Waals surface area (Å²) in [7, 11) is 0. The molecule has 106 valence electrons. The Labute approximate surface area is 118 Å². The summed E-state index contributed by atoms with van der Waals surface area (Å²) in [6.07, 6.45) is 3.43. The standard InChI is InChI=1S/C16H20N2O2/c1-2-13-5-3-6-15(11-13)20-10-4-9-18-12-14(17)7-8-16(18)19/h3,5-8,11-12H,2,4,9-10,17H2,1H3. The summed E-state index contributed by atoms with van der Waals surface area (Å²) in [5.74, 6) is 0.879. The third kappa shape index (κ3) is 3.88. The van der Waals surface area contributed by atoms with Gasteiger partial charge in [-0.1, -0.05) is 19.1 Å². The zero-order valence-corrected chi connectivity index (χ0v) is 11.7. The zero-order valence-electron chi connectivity index (χ0n) is 11.7. The molecule has 4 heteroatoms. The number of pyridine rings is 1. The second kappa shape index (κ2) is 6.80. The second-order valence-corrected chi connectivity index (χ2v) is 4.70. The van der Waals surface area contributed by atoms with Crippen LogP contribution in [0.15, 0.2) is 47.4 Å².